The Hall–Kier alpha value is -3.13. The number of allylic oxidation sites excluding steroid dienone is 2. The molecule has 8 heteroatoms. The van der Waals surface area contributed by atoms with E-state index in [1.807, 2.05) is 11.0 Å². The van der Waals surface area contributed by atoms with Crippen LogP contribution in [-0.2, 0) is 14.4 Å². The summed E-state index contributed by atoms with van der Waals surface area (Å²) >= 11 is 0. The van der Waals surface area contributed by atoms with E-state index in [4.69, 9.17) is 0 Å². The summed E-state index contributed by atoms with van der Waals surface area (Å²) < 4.78 is 0. The number of nitrogens with one attached hydrogen (secondary N) is 2. The van der Waals surface area contributed by atoms with Crippen LogP contribution in [0, 0.1) is 11.8 Å². The number of aromatic nitrogens is 1. The van der Waals surface area contributed by atoms with Crippen molar-refractivity contribution in [2.75, 3.05) is 18.4 Å². The summed E-state index contributed by atoms with van der Waals surface area (Å²) in [5, 5.41) is 22.8. The van der Waals surface area contributed by atoms with Gasteiger partial charge in [0.1, 0.15) is 6.04 Å². The molecular formula is C22H25N3O5. The lowest BCUT2D eigenvalue weighted by Crippen LogP contribution is -2.34. The maximum Gasteiger partial charge on any atom is 0.325 e. The summed E-state index contributed by atoms with van der Waals surface area (Å²) in [6.45, 7) is 1.48. The Bertz CT molecular complexity index is 1010. The van der Waals surface area contributed by atoms with Gasteiger partial charge in [0.25, 0.3) is 0 Å². The van der Waals surface area contributed by atoms with Gasteiger partial charge >= 0.3 is 11.9 Å². The van der Waals surface area contributed by atoms with E-state index in [1.54, 1.807) is 30.5 Å². The Morgan fingerprint density at radius 1 is 1.07 bits per heavy atom. The smallest absolute Gasteiger partial charge is 0.325 e. The molecule has 4 N–H and O–H groups in total. The molecule has 1 aliphatic heterocycles. The normalized spacial score (nSPS) is 22.8. The second-order valence-electron chi connectivity index (χ2n) is 7.97. The number of carbonyl (C=O) groups is 3. The third-order valence-corrected chi connectivity index (χ3v) is 6.10. The third kappa shape index (κ3) is 3.82. The number of hydrogen-bond acceptors (Lipinski definition) is 4. The SMILES string of the molecule is O=C(Nc1ccc2[nH]cc([C@@H](C(=O)O)N3CCCC3)c2c1)[C@H]1CC=CC[C@H]1C(=O)O. The number of aromatic amines is 1. The van der Waals surface area contributed by atoms with Crippen molar-refractivity contribution in [3.63, 3.8) is 0 Å². The number of carbonyl (C=O) groups excluding carboxylic acids is 1. The fourth-order valence-corrected chi connectivity index (χ4v) is 4.54. The predicted molar refractivity (Wildman–Crippen MR) is 111 cm³/mol. The van der Waals surface area contributed by atoms with Crippen molar-refractivity contribution in [2.45, 2.75) is 31.7 Å². The number of anilines is 1. The van der Waals surface area contributed by atoms with Gasteiger partial charge in [0, 0.05) is 28.4 Å². The van der Waals surface area contributed by atoms with Gasteiger partial charge in [-0.3, -0.25) is 19.3 Å². The molecule has 2 aromatic rings. The van der Waals surface area contributed by atoms with Crippen LogP contribution in [0.25, 0.3) is 10.9 Å². The molecule has 1 aromatic carbocycles. The molecule has 0 unspecified atom stereocenters. The lowest BCUT2D eigenvalue weighted by molar-refractivity contribution is -0.146. The molecule has 0 bridgehead atoms. The number of nitrogens with zero attached hydrogens (tertiary/aromatic N) is 1. The Balaban J connectivity index is 1.61. The molecule has 3 atom stereocenters. The number of carboxylic acids is 2. The first-order chi connectivity index (χ1) is 14.5. The minimum Gasteiger partial charge on any atom is -0.481 e. The fraction of sp³-hybridized carbons (Fsp3) is 0.409. The van der Waals surface area contributed by atoms with E-state index in [2.05, 4.69) is 10.3 Å². The summed E-state index contributed by atoms with van der Waals surface area (Å²) in [4.78, 5) is 41.4. The number of hydrogen-bond donors (Lipinski definition) is 4. The molecule has 2 aliphatic rings. The van der Waals surface area contributed by atoms with Crippen LogP contribution >= 0.6 is 0 Å². The molecule has 1 aliphatic carbocycles. The molecule has 1 saturated heterocycles. The molecule has 1 fully saturated rings. The zero-order valence-corrected chi connectivity index (χ0v) is 16.5. The average molecular weight is 411 g/mol. The average Bonchev–Trinajstić information content (AvgIpc) is 3.39. The number of fused-ring (bicyclic) bond motifs is 1. The van der Waals surface area contributed by atoms with Gasteiger partial charge in [-0.1, -0.05) is 12.2 Å². The number of aliphatic carboxylic acids is 2. The first kappa shape index (κ1) is 20.2. The summed E-state index contributed by atoms with van der Waals surface area (Å²) in [5.41, 5.74) is 1.98. The van der Waals surface area contributed by atoms with E-state index in [9.17, 15) is 24.6 Å². The predicted octanol–water partition coefficient (Wildman–Crippen LogP) is 2.99. The first-order valence-corrected chi connectivity index (χ1v) is 10.2. The highest BCUT2D eigenvalue weighted by molar-refractivity contribution is 5.98. The zero-order chi connectivity index (χ0) is 21.3. The number of amides is 1. The minimum absolute atomic E-state index is 0.336. The number of likely N-dealkylation sites (tertiary alicyclic amines) is 1. The molecule has 1 aromatic heterocycles. The van der Waals surface area contributed by atoms with E-state index >= 15 is 0 Å². The Kier molecular flexibility index (Phi) is 5.59. The standard InChI is InChI=1S/C22H25N3O5/c26-20(14-5-1-2-6-15(14)21(27)28)24-13-7-8-18-16(11-13)17(12-23-18)19(22(29)30)25-9-3-4-10-25/h1-2,7-8,11-12,14-15,19,23H,3-6,9-10H2,(H,24,26)(H,27,28)(H,29,30)/t14-,15+,19-/m0/s1. The highest BCUT2D eigenvalue weighted by atomic mass is 16.4. The second-order valence-corrected chi connectivity index (χ2v) is 7.97. The lowest BCUT2D eigenvalue weighted by Gasteiger charge is -2.24. The van der Waals surface area contributed by atoms with Crippen molar-refractivity contribution in [2.24, 2.45) is 11.8 Å². The molecule has 30 heavy (non-hydrogen) atoms. The van der Waals surface area contributed by atoms with Crippen molar-refractivity contribution in [3.05, 3.63) is 42.1 Å². The van der Waals surface area contributed by atoms with E-state index < -0.39 is 29.8 Å². The largest absolute Gasteiger partial charge is 0.481 e. The van der Waals surface area contributed by atoms with E-state index in [-0.39, 0.29) is 5.91 Å². The van der Waals surface area contributed by atoms with Gasteiger partial charge in [0.15, 0.2) is 0 Å². The van der Waals surface area contributed by atoms with Crippen LogP contribution < -0.4 is 5.32 Å². The van der Waals surface area contributed by atoms with Gasteiger partial charge < -0.3 is 20.5 Å². The molecule has 0 saturated carbocycles. The third-order valence-electron chi connectivity index (χ3n) is 6.10. The Morgan fingerprint density at radius 3 is 2.43 bits per heavy atom. The molecular weight excluding hydrogens is 386 g/mol. The van der Waals surface area contributed by atoms with Crippen LogP contribution in [0.4, 0.5) is 5.69 Å². The topological polar surface area (TPSA) is 123 Å². The molecule has 0 spiro atoms. The monoisotopic (exact) mass is 411 g/mol. The van der Waals surface area contributed by atoms with Crippen LogP contribution in [0.3, 0.4) is 0 Å². The highest BCUT2D eigenvalue weighted by Gasteiger charge is 2.34. The number of H-pyrrole nitrogens is 1. The minimum atomic E-state index is -0.974. The molecule has 4 rings (SSSR count). The van der Waals surface area contributed by atoms with Crippen LogP contribution in [0.5, 0.6) is 0 Å². The fourth-order valence-electron chi connectivity index (χ4n) is 4.54. The summed E-state index contributed by atoms with van der Waals surface area (Å²) in [6.07, 6.45) is 8.04. The molecule has 158 valence electrons. The van der Waals surface area contributed by atoms with Gasteiger partial charge in [-0.15, -0.1) is 0 Å². The van der Waals surface area contributed by atoms with Crippen molar-refractivity contribution >= 4 is 34.4 Å². The van der Waals surface area contributed by atoms with E-state index in [0.717, 1.165) is 36.8 Å². The molecule has 1 amide bonds. The quantitative estimate of drug-likeness (QED) is 0.542. The van der Waals surface area contributed by atoms with Gasteiger partial charge in [0.05, 0.1) is 11.8 Å². The zero-order valence-electron chi connectivity index (χ0n) is 16.5. The maximum absolute atomic E-state index is 12.8. The second kappa shape index (κ2) is 8.31. The highest BCUT2D eigenvalue weighted by Crippen LogP contribution is 2.33. The van der Waals surface area contributed by atoms with Gasteiger partial charge in [-0.25, -0.2) is 0 Å². The number of carboxylic acid groups (broad SMARTS) is 2. The van der Waals surface area contributed by atoms with Crippen molar-refractivity contribution < 1.29 is 24.6 Å². The van der Waals surface area contributed by atoms with E-state index in [1.165, 1.54) is 0 Å². The van der Waals surface area contributed by atoms with Gasteiger partial charge in [-0.2, -0.15) is 0 Å². The molecule has 8 nitrogen and oxygen atoms in total. The van der Waals surface area contributed by atoms with Crippen LogP contribution in [0.2, 0.25) is 0 Å². The number of rotatable bonds is 6. The van der Waals surface area contributed by atoms with Crippen LogP contribution in [-0.4, -0.2) is 51.0 Å². The first-order valence-electron chi connectivity index (χ1n) is 10.2. The summed E-state index contributed by atoms with van der Waals surface area (Å²) in [5.74, 6) is -3.58. The van der Waals surface area contributed by atoms with Gasteiger partial charge in [0.2, 0.25) is 5.91 Å². The van der Waals surface area contributed by atoms with Crippen LogP contribution in [0.15, 0.2) is 36.5 Å². The van der Waals surface area contributed by atoms with Crippen molar-refractivity contribution in [1.29, 1.82) is 0 Å². The molecule has 2 heterocycles. The Morgan fingerprint density at radius 2 is 1.77 bits per heavy atom. The van der Waals surface area contributed by atoms with Crippen molar-refractivity contribution in [3.8, 4) is 0 Å². The maximum atomic E-state index is 12.8. The Labute approximate surface area is 173 Å². The molecule has 0 radical (unpaired) electrons. The summed E-state index contributed by atoms with van der Waals surface area (Å²) in [6, 6.07) is 4.56. The lowest BCUT2D eigenvalue weighted by atomic mass is 9.82. The van der Waals surface area contributed by atoms with Crippen molar-refractivity contribution in [1.82, 2.24) is 9.88 Å². The van der Waals surface area contributed by atoms with E-state index in [0.29, 0.717) is 24.1 Å². The number of benzene rings is 1. The van der Waals surface area contributed by atoms with Gasteiger partial charge in [-0.05, 0) is 57.0 Å². The summed E-state index contributed by atoms with van der Waals surface area (Å²) in [7, 11) is 0. The van der Waals surface area contributed by atoms with Crippen LogP contribution in [0.1, 0.15) is 37.3 Å².